The van der Waals surface area contributed by atoms with E-state index >= 15 is 0 Å². The maximum absolute atomic E-state index is 12.1. The van der Waals surface area contributed by atoms with Gasteiger partial charge in [0.1, 0.15) is 0 Å². The Labute approximate surface area is 141 Å². The molecule has 0 spiro atoms. The van der Waals surface area contributed by atoms with Gasteiger partial charge in [0.05, 0.1) is 4.90 Å². The van der Waals surface area contributed by atoms with E-state index in [2.05, 4.69) is 15.4 Å². The fourth-order valence-electron chi connectivity index (χ4n) is 2.31. The summed E-state index contributed by atoms with van der Waals surface area (Å²) in [5, 5.41) is 6.12. The molecule has 8 heteroatoms. The summed E-state index contributed by atoms with van der Waals surface area (Å²) in [6.45, 7) is 4.12. The third kappa shape index (κ3) is 5.49. The van der Waals surface area contributed by atoms with Crippen LogP contribution >= 0.6 is 11.8 Å². The highest BCUT2D eigenvalue weighted by atomic mass is 32.2. The van der Waals surface area contributed by atoms with Gasteiger partial charge >= 0.3 is 0 Å². The summed E-state index contributed by atoms with van der Waals surface area (Å²) in [6.07, 6.45) is 0.915. The molecule has 0 saturated carbocycles. The maximum atomic E-state index is 12.1. The zero-order valence-corrected chi connectivity index (χ0v) is 14.8. The van der Waals surface area contributed by atoms with E-state index in [1.807, 2.05) is 6.92 Å². The monoisotopic (exact) mass is 357 g/mol. The summed E-state index contributed by atoms with van der Waals surface area (Å²) in [7, 11) is -3.51. The first-order valence-electron chi connectivity index (χ1n) is 7.72. The molecule has 1 heterocycles. The molecule has 2 rings (SSSR count). The third-order valence-corrected chi connectivity index (χ3v) is 5.94. The van der Waals surface area contributed by atoms with E-state index in [0.717, 1.165) is 31.0 Å². The Balaban J connectivity index is 1.93. The van der Waals surface area contributed by atoms with Crippen molar-refractivity contribution in [3.05, 3.63) is 29.8 Å². The summed E-state index contributed by atoms with van der Waals surface area (Å²) in [4.78, 5) is 12.3. The predicted octanol–water partition coefficient (Wildman–Crippen LogP) is 0.810. The Bertz CT molecular complexity index is 611. The highest BCUT2D eigenvalue weighted by Crippen LogP contribution is 2.11. The van der Waals surface area contributed by atoms with E-state index < -0.39 is 10.0 Å². The van der Waals surface area contributed by atoms with Gasteiger partial charge in [0.15, 0.2) is 0 Å². The number of carbonyl (C=O) groups is 1. The van der Waals surface area contributed by atoms with Crippen molar-refractivity contribution < 1.29 is 13.2 Å². The minimum Gasteiger partial charge on any atom is -0.348 e. The molecule has 1 aliphatic rings. The molecule has 1 amide bonds. The Kier molecular flexibility index (Phi) is 6.88. The molecule has 1 fully saturated rings. The average molecular weight is 358 g/mol. The molecule has 1 atom stereocenters. The van der Waals surface area contributed by atoms with Crippen molar-refractivity contribution in [1.82, 2.24) is 15.4 Å². The van der Waals surface area contributed by atoms with Crippen LogP contribution in [0.5, 0.6) is 0 Å². The first-order chi connectivity index (χ1) is 11.0. The molecule has 6 nitrogen and oxygen atoms in total. The van der Waals surface area contributed by atoms with Crippen LogP contribution < -0.4 is 15.4 Å². The maximum Gasteiger partial charge on any atom is 0.251 e. The Morgan fingerprint density at radius 2 is 2.09 bits per heavy atom. The molecule has 1 aromatic rings. The summed E-state index contributed by atoms with van der Waals surface area (Å²) in [5.74, 6) is 1.53. The van der Waals surface area contributed by atoms with Gasteiger partial charge in [-0.05, 0) is 43.0 Å². The smallest absolute Gasteiger partial charge is 0.251 e. The summed E-state index contributed by atoms with van der Waals surface area (Å²) < 4.78 is 26.8. The first kappa shape index (κ1) is 18.3. The fraction of sp³-hybridized carbons (Fsp3) is 0.533. The third-order valence-electron chi connectivity index (χ3n) is 3.56. The van der Waals surface area contributed by atoms with Gasteiger partial charge in [-0.2, -0.15) is 11.8 Å². The van der Waals surface area contributed by atoms with Crippen LogP contribution in [0.25, 0.3) is 0 Å². The summed E-state index contributed by atoms with van der Waals surface area (Å²) in [5.41, 5.74) is 0.470. The molecule has 0 unspecified atom stereocenters. The molecule has 0 aromatic heterocycles. The minimum absolute atomic E-state index is 0.142. The molecule has 1 aromatic carbocycles. The van der Waals surface area contributed by atoms with Gasteiger partial charge < -0.3 is 10.6 Å². The van der Waals surface area contributed by atoms with Gasteiger partial charge in [0.25, 0.3) is 5.91 Å². The minimum atomic E-state index is -3.51. The van der Waals surface area contributed by atoms with Gasteiger partial charge in [-0.3, -0.25) is 4.79 Å². The van der Waals surface area contributed by atoms with Crippen molar-refractivity contribution >= 4 is 27.7 Å². The van der Waals surface area contributed by atoms with Crippen LogP contribution in [-0.2, 0) is 10.0 Å². The summed E-state index contributed by atoms with van der Waals surface area (Å²) >= 11 is 1.68. The highest BCUT2D eigenvalue weighted by molar-refractivity contribution is 7.99. The molecule has 0 aliphatic carbocycles. The molecular formula is C15H23N3O3S2. The van der Waals surface area contributed by atoms with Gasteiger partial charge in [0.2, 0.25) is 10.0 Å². The number of carbonyl (C=O) groups excluding carboxylic acids is 1. The lowest BCUT2D eigenvalue weighted by Gasteiger charge is -2.12. The van der Waals surface area contributed by atoms with Crippen LogP contribution in [0.2, 0.25) is 0 Å². The van der Waals surface area contributed by atoms with Gasteiger partial charge in [-0.15, -0.1) is 0 Å². The molecule has 3 N–H and O–H groups in total. The zero-order chi connectivity index (χ0) is 16.7. The quantitative estimate of drug-likeness (QED) is 0.599. The second-order valence-corrected chi connectivity index (χ2v) is 8.44. The lowest BCUT2D eigenvalue weighted by molar-refractivity contribution is 0.0940. The number of benzene rings is 1. The molecule has 0 bridgehead atoms. The topological polar surface area (TPSA) is 87.3 Å². The van der Waals surface area contributed by atoms with Gasteiger partial charge in [0, 0.05) is 30.4 Å². The number of rotatable bonds is 8. The van der Waals surface area contributed by atoms with E-state index in [0.29, 0.717) is 12.1 Å². The largest absolute Gasteiger partial charge is 0.348 e. The predicted molar refractivity (Wildman–Crippen MR) is 93.4 cm³/mol. The van der Waals surface area contributed by atoms with Crippen LogP contribution in [-0.4, -0.2) is 51.5 Å². The number of hydrogen-bond donors (Lipinski definition) is 3. The van der Waals surface area contributed by atoms with E-state index in [-0.39, 0.29) is 16.8 Å². The lowest BCUT2D eigenvalue weighted by Crippen LogP contribution is -2.36. The van der Waals surface area contributed by atoms with Crippen LogP contribution in [0, 0.1) is 0 Å². The Morgan fingerprint density at radius 1 is 1.35 bits per heavy atom. The highest BCUT2D eigenvalue weighted by Gasteiger charge is 2.18. The number of hydrogen-bond acceptors (Lipinski definition) is 5. The number of thioether (sulfide) groups is 1. The number of amides is 1. The van der Waals surface area contributed by atoms with Crippen molar-refractivity contribution in [2.75, 3.05) is 31.1 Å². The molecule has 23 heavy (non-hydrogen) atoms. The van der Waals surface area contributed by atoms with Crippen molar-refractivity contribution in [1.29, 1.82) is 0 Å². The van der Waals surface area contributed by atoms with Crippen molar-refractivity contribution in [2.24, 2.45) is 0 Å². The average Bonchev–Trinajstić information content (AvgIpc) is 3.05. The van der Waals surface area contributed by atoms with Crippen molar-refractivity contribution in [3.8, 4) is 0 Å². The molecule has 1 aliphatic heterocycles. The number of nitrogens with one attached hydrogen (secondary N) is 3. The second-order valence-electron chi connectivity index (χ2n) is 5.28. The van der Waals surface area contributed by atoms with E-state index in [1.165, 1.54) is 12.1 Å². The zero-order valence-electron chi connectivity index (χ0n) is 13.2. The number of sulfonamides is 1. The normalized spacial score (nSPS) is 18.0. The molecule has 1 saturated heterocycles. The van der Waals surface area contributed by atoms with Gasteiger partial charge in [-0.25, -0.2) is 13.1 Å². The lowest BCUT2D eigenvalue weighted by atomic mass is 10.2. The molecule has 128 valence electrons. The molecular weight excluding hydrogens is 334 g/mol. The second kappa shape index (κ2) is 8.68. The van der Waals surface area contributed by atoms with Crippen LogP contribution in [0.1, 0.15) is 23.7 Å². The standard InChI is InChI=1S/C15H23N3O3S2/c1-2-22-10-9-17-23(20,21)14-5-3-12(4-6-14)15(19)18-13-7-8-16-11-13/h3-6,13,16-17H,2,7-11H2,1H3,(H,18,19)/t13-/m0/s1. The Morgan fingerprint density at radius 3 is 2.70 bits per heavy atom. The van der Waals surface area contributed by atoms with Crippen LogP contribution in [0.4, 0.5) is 0 Å². The SMILES string of the molecule is CCSCCNS(=O)(=O)c1ccc(C(=O)N[C@H]2CCNC2)cc1. The molecule has 0 radical (unpaired) electrons. The van der Waals surface area contributed by atoms with E-state index in [4.69, 9.17) is 0 Å². The van der Waals surface area contributed by atoms with E-state index in [9.17, 15) is 13.2 Å². The summed E-state index contributed by atoms with van der Waals surface area (Å²) in [6, 6.07) is 6.18. The van der Waals surface area contributed by atoms with E-state index in [1.54, 1.807) is 23.9 Å². The van der Waals surface area contributed by atoms with Crippen LogP contribution in [0.15, 0.2) is 29.2 Å². The van der Waals surface area contributed by atoms with Gasteiger partial charge in [-0.1, -0.05) is 6.92 Å². The van der Waals surface area contributed by atoms with Crippen molar-refractivity contribution in [3.63, 3.8) is 0 Å². The van der Waals surface area contributed by atoms with Crippen molar-refractivity contribution in [2.45, 2.75) is 24.3 Å². The first-order valence-corrected chi connectivity index (χ1v) is 10.4. The van der Waals surface area contributed by atoms with Crippen LogP contribution in [0.3, 0.4) is 0 Å². The fourth-order valence-corrected chi connectivity index (χ4v) is 4.00. The Hall–Kier alpha value is -1.09.